The molecule has 90 valence electrons. The van der Waals surface area contributed by atoms with Gasteiger partial charge in [-0.3, -0.25) is 0 Å². The largest absolute Gasteiger partial charge is 0.328 e. The van der Waals surface area contributed by atoms with Gasteiger partial charge in [-0.15, -0.1) is 0 Å². The third-order valence-corrected chi connectivity index (χ3v) is 3.42. The van der Waals surface area contributed by atoms with Gasteiger partial charge >= 0.3 is 10.7 Å². The molecule has 0 aromatic heterocycles. The van der Waals surface area contributed by atoms with E-state index in [0.29, 0.717) is 0 Å². The van der Waals surface area contributed by atoms with Crippen molar-refractivity contribution in [2.24, 2.45) is 0 Å². The summed E-state index contributed by atoms with van der Waals surface area (Å²) in [5.41, 5.74) is 0. The second kappa shape index (κ2) is 5.53. The first-order chi connectivity index (χ1) is 7.43. The summed E-state index contributed by atoms with van der Waals surface area (Å²) < 4.78 is 72.9. The second-order valence-corrected chi connectivity index (χ2v) is 5.02. The smallest absolute Gasteiger partial charge is 0.163 e. The summed E-state index contributed by atoms with van der Waals surface area (Å²) in [5, 5.41) is -4.81. The van der Waals surface area contributed by atoms with Crippen LogP contribution in [0.15, 0.2) is 34.1 Å². The predicted molar refractivity (Wildman–Crippen MR) is 54.8 cm³/mol. The first kappa shape index (κ1) is 13.3. The summed E-state index contributed by atoms with van der Waals surface area (Å²) in [6.07, 6.45) is 0. The molecule has 0 amide bonds. The van der Waals surface area contributed by atoms with Crippen molar-refractivity contribution in [2.75, 3.05) is 0 Å². The molecule has 0 saturated heterocycles. The normalized spacial score (nSPS) is 14.4. The molecule has 2 unspecified atom stereocenters. The highest BCUT2D eigenvalue weighted by molar-refractivity contribution is 8.11. The van der Waals surface area contributed by atoms with Gasteiger partial charge in [-0.25, -0.2) is 0 Å². The Bertz CT molecular complexity index is 399. The highest BCUT2D eigenvalue weighted by Crippen LogP contribution is 2.35. The average molecular weight is 278 g/mol. The fourth-order valence-electron chi connectivity index (χ4n) is 0.857. The molecule has 0 N–H and O–H groups in total. The van der Waals surface area contributed by atoms with Crippen molar-refractivity contribution in [3.8, 4) is 0 Å². The summed E-state index contributed by atoms with van der Waals surface area (Å²) in [5.74, 6) is 0. The van der Waals surface area contributed by atoms with E-state index in [2.05, 4.69) is 0 Å². The van der Waals surface area contributed by atoms with E-state index in [1.807, 2.05) is 0 Å². The average Bonchev–Trinajstić information content (AvgIpc) is 2.27. The molecule has 0 aliphatic rings. The van der Waals surface area contributed by atoms with Gasteiger partial charge in [0.1, 0.15) is 0 Å². The summed E-state index contributed by atoms with van der Waals surface area (Å²) >= 11 is 0. The molecule has 0 aliphatic heterocycles. The third kappa shape index (κ3) is 3.11. The molecule has 0 nitrogen and oxygen atoms in total. The topological polar surface area (TPSA) is 0 Å². The lowest BCUT2D eigenvalue weighted by atomic mass is 10.4. The van der Waals surface area contributed by atoms with Gasteiger partial charge in [0.15, 0.2) is 0 Å². The standard InChI is InChI=1S/C8H4F6S2/c9-7(10)15(13)5-1-2-6(4-3-5)16(14)8(11)12/h1-4H. The molecular weight excluding hydrogens is 274 g/mol. The van der Waals surface area contributed by atoms with Gasteiger partial charge in [0.05, 0.1) is 21.7 Å². The zero-order chi connectivity index (χ0) is 12.3. The summed E-state index contributed by atoms with van der Waals surface area (Å²) in [4.78, 5) is -0.750. The second-order valence-electron chi connectivity index (χ2n) is 2.44. The molecule has 8 heteroatoms. The van der Waals surface area contributed by atoms with Gasteiger partial charge in [-0.05, 0) is 24.3 Å². The van der Waals surface area contributed by atoms with E-state index < -0.39 is 32.5 Å². The van der Waals surface area contributed by atoms with E-state index in [9.17, 15) is 25.3 Å². The third-order valence-electron chi connectivity index (χ3n) is 1.51. The lowest BCUT2D eigenvalue weighted by molar-refractivity contribution is 0.637. The number of rotatable bonds is 2. The summed E-state index contributed by atoms with van der Waals surface area (Å²) in [7, 11) is -5.70. The minimum absolute atomic E-state index is 0.375. The Hall–Kier alpha value is -0.760. The van der Waals surface area contributed by atoms with Crippen molar-refractivity contribution < 1.29 is 25.3 Å². The van der Waals surface area contributed by atoms with Crippen LogP contribution in [0.5, 0.6) is 0 Å². The van der Waals surface area contributed by atoms with Crippen molar-refractivity contribution in [3.05, 3.63) is 24.3 Å². The molecule has 2 atom stereocenters. The van der Waals surface area contributed by atoms with E-state index in [1.54, 1.807) is 0 Å². The lowest BCUT2D eigenvalue weighted by Crippen LogP contribution is -1.80. The molecule has 0 heterocycles. The molecule has 0 radical (unpaired) electrons. The highest BCUT2D eigenvalue weighted by atomic mass is 32.2. The fraction of sp³-hybridized carbons (Fsp3) is 0. The van der Waals surface area contributed by atoms with Crippen LogP contribution in [0.1, 0.15) is 0 Å². The molecule has 0 fully saturated rings. The Kier molecular flexibility index (Phi) is 4.60. The van der Waals surface area contributed by atoms with Crippen LogP contribution in [-0.4, -0.2) is 10.7 Å². The number of hydrogen-bond donors (Lipinski definition) is 0. The van der Waals surface area contributed by atoms with Crippen molar-refractivity contribution in [1.82, 2.24) is 0 Å². The fourth-order valence-corrected chi connectivity index (χ4v) is 1.96. The van der Waals surface area contributed by atoms with Gasteiger partial charge in [0, 0.05) is 9.79 Å². The van der Waals surface area contributed by atoms with Crippen LogP contribution in [-0.2, 0) is 0 Å². The summed E-state index contributed by atoms with van der Waals surface area (Å²) in [6, 6.07) is 3.44. The van der Waals surface area contributed by atoms with Crippen LogP contribution in [0.2, 0.25) is 0 Å². The molecule has 0 spiro atoms. The lowest BCUT2D eigenvalue weighted by Gasteiger charge is -2.00. The Morgan fingerprint density at radius 1 is 0.688 bits per heavy atom. The van der Waals surface area contributed by atoms with E-state index >= 15 is 0 Å². The van der Waals surface area contributed by atoms with Crippen LogP contribution < -0.4 is 0 Å². The zero-order valence-electron chi connectivity index (χ0n) is 7.39. The molecule has 0 aliphatic carbocycles. The first-order valence-electron chi connectivity index (χ1n) is 3.70. The van der Waals surface area contributed by atoms with E-state index in [-0.39, 0.29) is 9.79 Å². The van der Waals surface area contributed by atoms with E-state index in [0.717, 1.165) is 24.3 Å². The molecule has 1 rings (SSSR count). The number of benzene rings is 1. The Labute approximate surface area is 92.3 Å². The molecule has 1 aromatic carbocycles. The van der Waals surface area contributed by atoms with Crippen LogP contribution in [0.3, 0.4) is 0 Å². The van der Waals surface area contributed by atoms with E-state index in [1.165, 1.54) is 0 Å². The minimum Gasteiger partial charge on any atom is -0.163 e. The van der Waals surface area contributed by atoms with Crippen LogP contribution in [0.4, 0.5) is 25.3 Å². The first-order valence-corrected chi connectivity index (χ1v) is 5.95. The maximum Gasteiger partial charge on any atom is 0.328 e. The van der Waals surface area contributed by atoms with Crippen LogP contribution in [0, 0.1) is 0 Å². The number of halogens is 6. The van der Waals surface area contributed by atoms with Crippen molar-refractivity contribution in [3.63, 3.8) is 0 Å². The quantitative estimate of drug-likeness (QED) is 0.415. The molecule has 1 aromatic rings. The molecule has 16 heavy (non-hydrogen) atoms. The van der Waals surface area contributed by atoms with Gasteiger partial charge in [0.2, 0.25) is 0 Å². The maximum atomic E-state index is 12.7. The molecule has 0 bridgehead atoms. The van der Waals surface area contributed by atoms with Crippen LogP contribution in [0.25, 0.3) is 0 Å². The van der Waals surface area contributed by atoms with Crippen molar-refractivity contribution >= 4 is 32.5 Å². The zero-order valence-corrected chi connectivity index (χ0v) is 9.03. The minimum atomic E-state index is -2.85. The van der Waals surface area contributed by atoms with Crippen LogP contribution >= 0.6 is 21.7 Å². The van der Waals surface area contributed by atoms with E-state index in [4.69, 9.17) is 0 Å². The SMILES string of the molecule is FC(F)=S(F)c1ccc(S(F)=C(F)F)cc1. The number of hydrogen-bond acceptors (Lipinski definition) is 0. The Morgan fingerprint density at radius 3 is 1.12 bits per heavy atom. The van der Waals surface area contributed by atoms with Crippen molar-refractivity contribution in [1.29, 1.82) is 0 Å². The molecule has 0 saturated carbocycles. The van der Waals surface area contributed by atoms with Gasteiger partial charge in [-0.1, -0.05) is 0 Å². The summed E-state index contributed by atoms with van der Waals surface area (Å²) in [6.45, 7) is 0. The predicted octanol–water partition coefficient (Wildman–Crippen LogP) is 4.76. The van der Waals surface area contributed by atoms with Gasteiger partial charge in [0.25, 0.3) is 0 Å². The monoisotopic (exact) mass is 278 g/mol. The molecular formula is C8H4F6S2. The van der Waals surface area contributed by atoms with Gasteiger partial charge in [-0.2, -0.15) is 25.3 Å². The van der Waals surface area contributed by atoms with Crippen molar-refractivity contribution in [2.45, 2.75) is 9.79 Å². The maximum absolute atomic E-state index is 12.7. The van der Waals surface area contributed by atoms with Gasteiger partial charge < -0.3 is 0 Å². The highest BCUT2D eigenvalue weighted by Gasteiger charge is 2.09. The Morgan fingerprint density at radius 2 is 0.938 bits per heavy atom. The Balaban J connectivity index is 3.11.